The molecule has 1 aromatic carbocycles. The number of benzene rings is 1. The standard InChI is InChI=1S/C21H25NO4/c1-22(11-12-2-3-12)9-8-20-18-13-10-17(22)21(20,25)7-6-15(24)19(20)26-16(18)5-4-14(13)23/h4-5,12,17,19,25H,2-3,6-11H2,1H3/p+1/t17-,19?,20+,21+,22-/m0/s1. The summed E-state index contributed by atoms with van der Waals surface area (Å²) in [5.74, 6) is 1.86. The van der Waals surface area contributed by atoms with E-state index in [1.165, 1.54) is 12.8 Å². The second kappa shape index (κ2) is 4.45. The van der Waals surface area contributed by atoms with Crippen LogP contribution in [0.25, 0.3) is 0 Å². The van der Waals surface area contributed by atoms with Gasteiger partial charge in [0.2, 0.25) is 0 Å². The number of likely N-dealkylation sites (N-methyl/N-ethyl adjacent to an activating group) is 1. The fourth-order valence-corrected chi connectivity index (χ4v) is 6.95. The number of rotatable bonds is 2. The van der Waals surface area contributed by atoms with Crippen molar-refractivity contribution in [3.63, 3.8) is 0 Å². The number of quaternary nitrogens is 1. The van der Waals surface area contributed by atoms with E-state index in [2.05, 4.69) is 7.05 Å². The summed E-state index contributed by atoms with van der Waals surface area (Å²) in [6.45, 7) is 2.06. The summed E-state index contributed by atoms with van der Waals surface area (Å²) in [5.41, 5.74) is 0.247. The summed E-state index contributed by atoms with van der Waals surface area (Å²) in [6.07, 6.45) is 4.32. The van der Waals surface area contributed by atoms with Crippen LogP contribution in [0, 0.1) is 5.92 Å². The maximum Gasteiger partial charge on any atom is 0.174 e. The normalized spacial score (nSPS) is 45.2. The van der Waals surface area contributed by atoms with Gasteiger partial charge in [0, 0.05) is 36.3 Å². The molecule has 6 rings (SSSR count). The highest BCUT2D eigenvalue weighted by atomic mass is 16.5. The summed E-state index contributed by atoms with van der Waals surface area (Å²) >= 11 is 0. The monoisotopic (exact) mass is 356 g/mol. The summed E-state index contributed by atoms with van der Waals surface area (Å²) < 4.78 is 7.00. The van der Waals surface area contributed by atoms with E-state index in [1.807, 2.05) is 0 Å². The quantitative estimate of drug-likeness (QED) is 0.791. The van der Waals surface area contributed by atoms with Crippen LogP contribution >= 0.6 is 0 Å². The number of aromatic hydroxyl groups is 1. The van der Waals surface area contributed by atoms with Gasteiger partial charge in [-0.1, -0.05) is 0 Å². The largest absolute Gasteiger partial charge is 0.508 e. The van der Waals surface area contributed by atoms with E-state index >= 15 is 0 Å². The molecule has 1 saturated heterocycles. The number of piperidine rings is 1. The molecule has 0 aromatic heterocycles. The van der Waals surface area contributed by atoms with Crippen LogP contribution in [0.5, 0.6) is 11.5 Å². The molecule has 2 N–H and O–H groups in total. The molecule has 5 atom stereocenters. The van der Waals surface area contributed by atoms with Crippen molar-refractivity contribution in [2.45, 2.75) is 61.7 Å². The molecular weight excluding hydrogens is 330 g/mol. The van der Waals surface area contributed by atoms with Gasteiger partial charge in [0.15, 0.2) is 11.9 Å². The number of hydrogen-bond donors (Lipinski definition) is 2. The number of aliphatic hydroxyl groups is 1. The Bertz CT molecular complexity index is 849. The fourth-order valence-electron chi connectivity index (χ4n) is 6.95. The van der Waals surface area contributed by atoms with Crippen molar-refractivity contribution in [3.05, 3.63) is 23.3 Å². The molecule has 5 nitrogen and oxygen atoms in total. The van der Waals surface area contributed by atoms with E-state index in [0.717, 1.165) is 41.0 Å². The number of hydrogen-bond acceptors (Lipinski definition) is 4. The van der Waals surface area contributed by atoms with E-state index in [4.69, 9.17) is 4.74 Å². The smallest absolute Gasteiger partial charge is 0.174 e. The van der Waals surface area contributed by atoms with E-state index in [9.17, 15) is 15.0 Å². The van der Waals surface area contributed by atoms with E-state index in [-0.39, 0.29) is 17.6 Å². The topological polar surface area (TPSA) is 66.8 Å². The van der Waals surface area contributed by atoms with Gasteiger partial charge in [-0.3, -0.25) is 4.79 Å². The van der Waals surface area contributed by atoms with Crippen LogP contribution in [0.4, 0.5) is 0 Å². The van der Waals surface area contributed by atoms with Crippen molar-refractivity contribution in [3.8, 4) is 11.5 Å². The number of ether oxygens (including phenoxy) is 1. The molecule has 26 heavy (non-hydrogen) atoms. The Morgan fingerprint density at radius 1 is 1.31 bits per heavy atom. The first-order valence-electron chi connectivity index (χ1n) is 10.0. The Balaban J connectivity index is 1.61. The van der Waals surface area contributed by atoms with Gasteiger partial charge in [-0.05, 0) is 31.4 Å². The molecule has 2 heterocycles. The molecule has 5 heteroatoms. The van der Waals surface area contributed by atoms with Crippen molar-refractivity contribution >= 4 is 5.78 Å². The summed E-state index contributed by atoms with van der Waals surface area (Å²) in [7, 11) is 2.28. The molecule has 1 spiro atoms. The molecule has 1 aromatic rings. The van der Waals surface area contributed by atoms with Gasteiger partial charge >= 0.3 is 0 Å². The molecule has 3 aliphatic carbocycles. The number of nitrogens with zero attached hydrogens (tertiary/aromatic N) is 1. The third-order valence-corrected chi connectivity index (χ3v) is 8.30. The average Bonchev–Trinajstić information content (AvgIpc) is 3.33. The van der Waals surface area contributed by atoms with Crippen LogP contribution in [0.2, 0.25) is 0 Å². The lowest BCUT2D eigenvalue weighted by atomic mass is 9.48. The Morgan fingerprint density at radius 2 is 2.12 bits per heavy atom. The lowest BCUT2D eigenvalue weighted by Gasteiger charge is -2.64. The molecule has 2 saturated carbocycles. The fraction of sp³-hybridized carbons (Fsp3) is 0.667. The highest BCUT2D eigenvalue weighted by Gasteiger charge is 2.76. The highest BCUT2D eigenvalue weighted by Crippen LogP contribution is 2.65. The first-order valence-corrected chi connectivity index (χ1v) is 10.0. The number of ketones is 1. The minimum atomic E-state index is -0.931. The van der Waals surface area contributed by atoms with Crippen LogP contribution in [-0.2, 0) is 16.6 Å². The van der Waals surface area contributed by atoms with Gasteiger partial charge in [-0.25, -0.2) is 0 Å². The minimum absolute atomic E-state index is 0.0165. The predicted molar refractivity (Wildman–Crippen MR) is 94.1 cm³/mol. The second-order valence-electron chi connectivity index (χ2n) is 9.60. The van der Waals surface area contributed by atoms with Crippen LogP contribution in [0.1, 0.15) is 43.2 Å². The molecule has 1 unspecified atom stereocenters. The van der Waals surface area contributed by atoms with Crippen LogP contribution in [0.3, 0.4) is 0 Å². The number of likely N-dealkylation sites (tertiary alicyclic amines) is 1. The number of Topliss-reactive ketones (excluding diaryl/α,β-unsaturated/α-hetero) is 1. The van der Waals surface area contributed by atoms with Gasteiger partial charge in [-0.2, -0.15) is 0 Å². The third-order valence-electron chi connectivity index (χ3n) is 8.30. The van der Waals surface area contributed by atoms with Gasteiger partial charge in [0.1, 0.15) is 23.1 Å². The van der Waals surface area contributed by atoms with Gasteiger partial charge < -0.3 is 19.4 Å². The predicted octanol–water partition coefficient (Wildman–Crippen LogP) is 1.67. The van der Waals surface area contributed by atoms with E-state index in [1.54, 1.807) is 12.1 Å². The number of phenols is 1. The van der Waals surface area contributed by atoms with Gasteiger partial charge in [0.25, 0.3) is 0 Å². The summed E-state index contributed by atoms with van der Waals surface area (Å²) in [6, 6.07) is 3.49. The zero-order chi connectivity index (χ0) is 17.9. The first kappa shape index (κ1) is 15.5. The molecular formula is C21H26NO4+. The van der Waals surface area contributed by atoms with Gasteiger partial charge in [-0.15, -0.1) is 0 Å². The molecule has 0 amide bonds. The van der Waals surface area contributed by atoms with E-state index in [0.29, 0.717) is 25.0 Å². The first-order chi connectivity index (χ1) is 12.4. The van der Waals surface area contributed by atoms with E-state index < -0.39 is 17.1 Å². The van der Waals surface area contributed by atoms with Crippen molar-refractivity contribution < 1.29 is 24.2 Å². The van der Waals surface area contributed by atoms with Crippen molar-refractivity contribution in [2.24, 2.45) is 5.92 Å². The average molecular weight is 356 g/mol. The zero-order valence-electron chi connectivity index (χ0n) is 15.2. The maximum atomic E-state index is 12.8. The molecule has 138 valence electrons. The SMILES string of the molecule is C[N@@+]1(CC2CC2)CC[C@]23c4c5ccc(O)c4C[C@H]1[C@]2(O)CCC(=O)C3O5. The number of carbonyl (C=O) groups excluding carboxylic acids is 1. The van der Waals surface area contributed by atoms with Crippen molar-refractivity contribution in [1.29, 1.82) is 0 Å². The van der Waals surface area contributed by atoms with Crippen LogP contribution < -0.4 is 4.74 Å². The Hall–Kier alpha value is -1.59. The summed E-state index contributed by atoms with van der Waals surface area (Å²) in [4.78, 5) is 12.8. The molecule has 2 aliphatic heterocycles. The minimum Gasteiger partial charge on any atom is -0.508 e. The zero-order valence-corrected chi connectivity index (χ0v) is 15.2. The lowest BCUT2D eigenvalue weighted by molar-refractivity contribution is -0.950. The van der Waals surface area contributed by atoms with Crippen molar-refractivity contribution in [1.82, 2.24) is 0 Å². The lowest BCUT2D eigenvalue weighted by Crippen LogP contribution is -2.80. The van der Waals surface area contributed by atoms with Gasteiger partial charge in [0.05, 0.1) is 25.6 Å². The van der Waals surface area contributed by atoms with Crippen LogP contribution in [-0.4, -0.2) is 58.4 Å². The highest BCUT2D eigenvalue weighted by molar-refractivity contribution is 5.89. The molecule has 2 bridgehead atoms. The summed E-state index contributed by atoms with van der Waals surface area (Å²) in [5, 5.41) is 22.8. The second-order valence-corrected chi connectivity index (χ2v) is 9.60. The Kier molecular flexibility index (Phi) is 2.65. The maximum absolute atomic E-state index is 12.8. The van der Waals surface area contributed by atoms with Crippen molar-refractivity contribution in [2.75, 3.05) is 20.1 Å². The molecule has 3 fully saturated rings. The molecule has 0 radical (unpaired) electrons. The number of carbonyl (C=O) groups is 1. The Labute approximate surface area is 153 Å². The molecule has 5 aliphatic rings. The number of phenolic OH excluding ortho intramolecular Hbond substituents is 1. The third kappa shape index (κ3) is 1.55. The van der Waals surface area contributed by atoms with Crippen LogP contribution in [0.15, 0.2) is 12.1 Å². The Morgan fingerprint density at radius 3 is 2.88 bits per heavy atom.